The first-order chi connectivity index (χ1) is 9.80. The van der Waals surface area contributed by atoms with Gasteiger partial charge in [-0.2, -0.15) is 15.0 Å². The summed E-state index contributed by atoms with van der Waals surface area (Å²) in [5.41, 5.74) is 0. The molecule has 0 aromatic carbocycles. The molecule has 0 aliphatic rings. The zero-order valence-electron chi connectivity index (χ0n) is 12.3. The van der Waals surface area contributed by atoms with Crippen LogP contribution in [0.5, 0.6) is 6.01 Å². The van der Waals surface area contributed by atoms with Gasteiger partial charge >= 0.3 is 6.01 Å². The third-order valence-corrected chi connectivity index (χ3v) is 2.31. The Bertz CT molecular complexity index is 378. The highest BCUT2D eigenvalue weighted by Crippen LogP contribution is 2.10. The van der Waals surface area contributed by atoms with E-state index < -0.39 is 0 Å². The van der Waals surface area contributed by atoms with Crippen LogP contribution >= 0.6 is 0 Å². The van der Waals surface area contributed by atoms with Crippen molar-refractivity contribution in [1.29, 1.82) is 0 Å². The van der Waals surface area contributed by atoms with E-state index in [1.807, 2.05) is 6.92 Å². The number of methoxy groups -OCH3 is 2. The van der Waals surface area contributed by atoms with E-state index in [1.165, 1.54) is 7.11 Å². The summed E-state index contributed by atoms with van der Waals surface area (Å²) in [7, 11) is 3.18. The second-order valence-corrected chi connectivity index (χ2v) is 3.89. The molecule has 0 fully saturated rings. The van der Waals surface area contributed by atoms with E-state index >= 15 is 0 Å². The Morgan fingerprint density at radius 3 is 2.35 bits per heavy atom. The van der Waals surface area contributed by atoms with Crippen molar-refractivity contribution < 1.29 is 14.2 Å². The fourth-order valence-corrected chi connectivity index (χ4v) is 1.38. The standard InChI is InChI=1S/C12H23N5O3/c1-4-13-10-15-11(17-12(16-10)19-3)14-6-5-7-20-9-8-18-2/h4-9H2,1-3H3,(H2,13,14,15,16,17). The maximum absolute atomic E-state index is 5.36. The highest BCUT2D eigenvalue weighted by molar-refractivity contribution is 5.35. The first-order valence-electron chi connectivity index (χ1n) is 6.64. The van der Waals surface area contributed by atoms with Gasteiger partial charge in [-0.15, -0.1) is 0 Å². The lowest BCUT2D eigenvalue weighted by molar-refractivity contribution is 0.0705. The lowest BCUT2D eigenvalue weighted by Gasteiger charge is -2.08. The van der Waals surface area contributed by atoms with Gasteiger partial charge in [-0.1, -0.05) is 0 Å². The van der Waals surface area contributed by atoms with Crippen LogP contribution in [-0.4, -0.2) is 62.1 Å². The minimum Gasteiger partial charge on any atom is -0.467 e. The highest BCUT2D eigenvalue weighted by Gasteiger charge is 2.05. The summed E-state index contributed by atoms with van der Waals surface area (Å²) >= 11 is 0. The maximum Gasteiger partial charge on any atom is 0.322 e. The van der Waals surface area contributed by atoms with Crippen LogP contribution in [0.1, 0.15) is 13.3 Å². The Morgan fingerprint density at radius 2 is 1.70 bits per heavy atom. The molecule has 0 aliphatic heterocycles. The Kier molecular flexibility index (Phi) is 8.32. The number of ether oxygens (including phenoxy) is 3. The highest BCUT2D eigenvalue weighted by atomic mass is 16.5. The van der Waals surface area contributed by atoms with Crippen LogP contribution in [0.2, 0.25) is 0 Å². The molecule has 0 saturated heterocycles. The summed E-state index contributed by atoms with van der Waals surface area (Å²) in [4.78, 5) is 12.4. The molecule has 1 aromatic rings. The first kappa shape index (κ1) is 16.4. The van der Waals surface area contributed by atoms with E-state index in [4.69, 9.17) is 14.2 Å². The summed E-state index contributed by atoms with van der Waals surface area (Å²) in [5, 5.41) is 6.14. The molecule has 8 heteroatoms. The van der Waals surface area contributed by atoms with Gasteiger partial charge < -0.3 is 24.8 Å². The molecule has 1 aromatic heterocycles. The number of aromatic nitrogens is 3. The molecule has 0 radical (unpaired) electrons. The average molecular weight is 285 g/mol. The van der Waals surface area contributed by atoms with Crippen LogP contribution in [0.4, 0.5) is 11.9 Å². The SMILES string of the molecule is CCNc1nc(NCCCOCCOC)nc(OC)n1. The van der Waals surface area contributed by atoms with Crippen LogP contribution in [0.25, 0.3) is 0 Å². The lowest BCUT2D eigenvalue weighted by atomic mass is 10.4. The van der Waals surface area contributed by atoms with E-state index in [0.717, 1.165) is 13.0 Å². The summed E-state index contributed by atoms with van der Waals surface area (Å²) < 4.78 is 15.3. The Labute approximate surface area is 119 Å². The predicted octanol–water partition coefficient (Wildman–Crippen LogP) is 0.777. The second-order valence-electron chi connectivity index (χ2n) is 3.89. The van der Waals surface area contributed by atoms with E-state index in [2.05, 4.69) is 25.6 Å². The first-order valence-corrected chi connectivity index (χ1v) is 6.64. The molecule has 0 atom stereocenters. The fourth-order valence-electron chi connectivity index (χ4n) is 1.38. The lowest BCUT2D eigenvalue weighted by Crippen LogP contribution is -2.12. The molecule has 114 valence electrons. The van der Waals surface area contributed by atoms with E-state index in [-0.39, 0.29) is 6.01 Å². The summed E-state index contributed by atoms with van der Waals surface area (Å²) in [6.45, 7) is 5.32. The molecule has 8 nitrogen and oxygen atoms in total. The molecular formula is C12H23N5O3. The Morgan fingerprint density at radius 1 is 0.950 bits per heavy atom. The number of hydrogen-bond acceptors (Lipinski definition) is 8. The fraction of sp³-hybridized carbons (Fsp3) is 0.750. The summed E-state index contributed by atoms with van der Waals surface area (Å²) in [6, 6.07) is 0.287. The topological polar surface area (TPSA) is 90.4 Å². The van der Waals surface area contributed by atoms with E-state index in [0.29, 0.717) is 38.3 Å². The summed E-state index contributed by atoms with van der Waals surface area (Å²) in [6.07, 6.45) is 0.855. The van der Waals surface area contributed by atoms with Gasteiger partial charge in [0.1, 0.15) is 0 Å². The van der Waals surface area contributed by atoms with Crippen LogP contribution in [0, 0.1) is 0 Å². The molecule has 0 bridgehead atoms. The molecule has 0 unspecified atom stereocenters. The molecule has 0 spiro atoms. The van der Waals surface area contributed by atoms with Gasteiger partial charge in [-0.05, 0) is 13.3 Å². The minimum absolute atomic E-state index is 0.287. The van der Waals surface area contributed by atoms with Crippen molar-refractivity contribution in [3.63, 3.8) is 0 Å². The van der Waals surface area contributed by atoms with Gasteiger partial charge in [0.15, 0.2) is 0 Å². The number of hydrogen-bond donors (Lipinski definition) is 2. The largest absolute Gasteiger partial charge is 0.467 e. The summed E-state index contributed by atoms with van der Waals surface area (Å²) in [5.74, 6) is 0.989. The van der Waals surface area contributed by atoms with Crippen molar-refractivity contribution in [2.75, 3.05) is 57.8 Å². The van der Waals surface area contributed by atoms with Crippen molar-refractivity contribution in [3.8, 4) is 6.01 Å². The quantitative estimate of drug-likeness (QED) is 0.576. The van der Waals surface area contributed by atoms with Crippen molar-refractivity contribution in [1.82, 2.24) is 15.0 Å². The zero-order chi connectivity index (χ0) is 14.6. The van der Waals surface area contributed by atoms with Crippen molar-refractivity contribution >= 4 is 11.9 Å². The van der Waals surface area contributed by atoms with Gasteiger partial charge in [0.25, 0.3) is 0 Å². The van der Waals surface area contributed by atoms with Gasteiger partial charge in [0, 0.05) is 26.8 Å². The molecule has 20 heavy (non-hydrogen) atoms. The normalized spacial score (nSPS) is 10.3. The van der Waals surface area contributed by atoms with Crippen LogP contribution in [0.15, 0.2) is 0 Å². The Hall–Kier alpha value is -1.67. The van der Waals surface area contributed by atoms with Crippen LogP contribution in [-0.2, 0) is 9.47 Å². The number of anilines is 2. The maximum atomic E-state index is 5.36. The Balaban J connectivity index is 2.33. The molecule has 1 heterocycles. The second kappa shape index (κ2) is 10.2. The third-order valence-electron chi connectivity index (χ3n) is 2.31. The monoisotopic (exact) mass is 285 g/mol. The van der Waals surface area contributed by atoms with Crippen LogP contribution in [0.3, 0.4) is 0 Å². The molecule has 0 amide bonds. The van der Waals surface area contributed by atoms with E-state index in [1.54, 1.807) is 7.11 Å². The average Bonchev–Trinajstić information content (AvgIpc) is 2.46. The van der Waals surface area contributed by atoms with Gasteiger partial charge in [0.05, 0.1) is 20.3 Å². The van der Waals surface area contributed by atoms with Gasteiger partial charge in [-0.3, -0.25) is 0 Å². The minimum atomic E-state index is 0.287. The molecule has 1 rings (SSSR count). The van der Waals surface area contributed by atoms with Gasteiger partial charge in [0.2, 0.25) is 11.9 Å². The predicted molar refractivity (Wildman–Crippen MR) is 76.3 cm³/mol. The van der Waals surface area contributed by atoms with Crippen molar-refractivity contribution in [3.05, 3.63) is 0 Å². The van der Waals surface area contributed by atoms with Crippen molar-refractivity contribution in [2.45, 2.75) is 13.3 Å². The molecule has 0 saturated carbocycles. The number of nitrogens with zero attached hydrogens (tertiary/aromatic N) is 3. The molecule has 0 aliphatic carbocycles. The number of nitrogens with one attached hydrogen (secondary N) is 2. The molecule has 2 N–H and O–H groups in total. The smallest absolute Gasteiger partial charge is 0.322 e. The van der Waals surface area contributed by atoms with Crippen LogP contribution < -0.4 is 15.4 Å². The van der Waals surface area contributed by atoms with Gasteiger partial charge in [-0.25, -0.2) is 0 Å². The van der Waals surface area contributed by atoms with E-state index in [9.17, 15) is 0 Å². The third kappa shape index (κ3) is 6.48. The van der Waals surface area contributed by atoms with Crippen molar-refractivity contribution in [2.24, 2.45) is 0 Å². The zero-order valence-corrected chi connectivity index (χ0v) is 12.3. The number of rotatable bonds is 11. The molecular weight excluding hydrogens is 262 g/mol.